The number of anilines is 2. The van der Waals surface area contributed by atoms with Gasteiger partial charge < -0.3 is 11.1 Å². The van der Waals surface area contributed by atoms with E-state index in [0.29, 0.717) is 18.1 Å². The van der Waals surface area contributed by atoms with E-state index in [1.165, 1.54) is 0 Å². The van der Waals surface area contributed by atoms with Crippen LogP contribution in [0.1, 0.15) is 12.5 Å². The average molecular weight is 226 g/mol. The highest BCUT2D eigenvalue weighted by Gasteiger charge is 2.01. The molecule has 0 aliphatic rings. The van der Waals surface area contributed by atoms with Crippen molar-refractivity contribution in [2.45, 2.75) is 13.8 Å². The van der Waals surface area contributed by atoms with Gasteiger partial charge in [-0.15, -0.1) is 0 Å². The van der Waals surface area contributed by atoms with Crippen molar-refractivity contribution in [1.82, 2.24) is 0 Å². The van der Waals surface area contributed by atoms with E-state index in [1.807, 2.05) is 32.0 Å². The van der Waals surface area contributed by atoms with Gasteiger partial charge in [0.2, 0.25) is 0 Å². The van der Waals surface area contributed by atoms with Crippen molar-refractivity contribution in [2.24, 2.45) is 0 Å². The van der Waals surface area contributed by atoms with Crippen LogP contribution in [0.4, 0.5) is 11.4 Å². The van der Waals surface area contributed by atoms with Gasteiger partial charge in [-0.2, -0.15) is 0 Å². The molecule has 0 fully saturated rings. The standard InChI is InChI=1S/C11H18N2OS/c1-3-15(14)8-7-13-10-6-4-5-9(2)11(10)12/h4-6,13H,3,7-8,12H2,1-2H3. The third kappa shape index (κ3) is 3.55. The summed E-state index contributed by atoms with van der Waals surface area (Å²) in [4.78, 5) is 0. The molecule has 1 rings (SSSR count). The predicted molar refractivity (Wildman–Crippen MR) is 67.6 cm³/mol. The Labute approximate surface area is 93.5 Å². The zero-order valence-corrected chi connectivity index (χ0v) is 10.1. The fourth-order valence-corrected chi connectivity index (χ4v) is 1.90. The van der Waals surface area contributed by atoms with Crippen LogP contribution in [0.3, 0.4) is 0 Å². The first-order chi connectivity index (χ1) is 7.15. The summed E-state index contributed by atoms with van der Waals surface area (Å²) < 4.78 is 11.2. The summed E-state index contributed by atoms with van der Waals surface area (Å²) in [6.07, 6.45) is 0. The lowest BCUT2D eigenvalue weighted by Gasteiger charge is -2.10. The Morgan fingerprint density at radius 2 is 2.20 bits per heavy atom. The van der Waals surface area contributed by atoms with E-state index in [2.05, 4.69) is 5.32 Å². The van der Waals surface area contributed by atoms with Crippen molar-refractivity contribution in [3.05, 3.63) is 23.8 Å². The fourth-order valence-electron chi connectivity index (χ4n) is 1.28. The van der Waals surface area contributed by atoms with Gasteiger partial charge in [-0.05, 0) is 18.6 Å². The molecule has 1 aromatic carbocycles. The second-order valence-corrected chi connectivity index (χ2v) is 5.26. The van der Waals surface area contributed by atoms with Crippen molar-refractivity contribution in [2.75, 3.05) is 29.1 Å². The van der Waals surface area contributed by atoms with Crippen LogP contribution in [0.2, 0.25) is 0 Å². The van der Waals surface area contributed by atoms with Gasteiger partial charge in [-0.1, -0.05) is 19.1 Å². The van der Waals surface area contributed by atoms with E-state index in [0.717, 1.165) is 16.9 Å². The number of para-hydroxylation sites is 1. The number of nitrogens with one attached hydrogen (secondary N) is 1. The van der Waals surface area contributed by atoms with Crippen molar-refractivity contribution in [3.63, 3.8) is 0 Å². The van der Waals surface area contributed by atoms with Gasteiger partial charge in [0.1, 0.15) is 0 Å². The van der Waals surface area contributed by atoms with E-state index in [-0.39, 0.29) is 0 Å². The minimum absolute atomic E-state index is 0.671. The maximum atomic E-state index is 11.2. The number of hydrogen-bond donors (Lipinski definition) is 2. The molecule has 4 heteroatoms. The Kier molecular flexibility index (Phi) is 4.62. The summed E-state index contributed by atoms with van der Waals surface area (Å²) in [7, 11) is -0.716. The van der Waals surface area contributed by atoms with Gasteiger partial charge in [0.25, 0.3) is 0 Å². The number of nitrogen functional groups attached to an aromatic ring is 1. The van der Waals surface area contributed by atoms with Crippen LogP contribution in [-0.4, -0.2) is 22.3 Å². The predicted octanol–water partition coefficient (Wildman–Crippen LogP) is 1.76. The fraction of sp³-hybridized carbons (Fsp3) is 0.455. The second-order valence-electron chi connectivity index (χ2n) is 3.40. The van der Waals surface area contributed by atoms with Crippen LogP contribution in [0.25, 0.3) is 0 Å². The Balaban J connectivity index is 2.51. The molecule has 0 bridgehead atoms. The average Bonchev–Trinajstić information content (AvgIpc) is 2.24. The van der Waals surface area contributed by atoms with Gasteiger partial charge in [0, 0.05) is 28.9 Å². The highest BCUT2D eigenvalue weighted by Crippen LogP contribution is 2.21. The molecule has 3 N–H and O–H groups in total. The van der Waals surface area contributed by atoms with E-state index in [9.17, 15) is 4.21 Å². The van der Waals surface area contributed by atoms with Gasteiger partial charge in [0.15, 0.2) is 0 Å². The first-order valence-corrected chi connectivity index (χ1v) is 6.58. The molecule has 15 heavy (non-hydrogen) atoms. The Bertz CT molecular complexity index is 352. The zero-order chi connectivity index (χ0) is 11.3. The van der Waals surface area contributed by atoms with Crippen LogP contribution < -0.4 is 11.1 Å². The topological polar surface area (TPSA) is 55.1 Å². The molecular weight excluding hydrogens is 208 g/mol. The van der Waals surface area contributed by atoms with Crippen molar-refractivity contribution >= 4 is 22.2 Å². The SMILES string of the molecule is CCS(=O)CCNc1cccc(C)c1N. The van der Waals surface area contributed by atoms with Crippen LogP contribution in [0, 0.1) is 6.92 Å². The quantitative estimate of drug-likeness (QED) is 0.752. The third-order valence-corrected chi connectivity index (χ3v) is 3.59. The van der Waals surface area contributed by atoms with Crippen LogP contribution >= 0.6 is 0 Å². The lowest BCUT2D eigenvalue weighted by molar-refractivity contribution is 0.684. The third-order valence-electron chi connectivity index (χ3n) is 2.29. The summed E-state index contributed by atoms with van der Waals surface area (Å²) >= 11 is 0. The number of nitrogens with two attached hydrogens (primary N) is 1. The lowest BCUT2D eigenvalue weighted by atomic mass is 10.2. The zero-order valence-electron chi connectivity index (χ0n) is 9.25. The molecule has 0 radical (unpaired) electrons. The summed E-state index contributed by atoms with van der Waals surface area (Å²) in [5.41, 5.74) is 8.67. The van der Waals surface area contributed by atoms with E-state index in [1.54, 1.807) is 0 Å². The molecule has 84 valence electrons. The second kappa shape index (κ2) is 5.75. The molecule has 0 aliphatic heterocycles. The van der Waals surface area contributed by atoms with Gasteiger partial charge in [-0.3, -0.25) is 4.21 Å². The number of benzene rings is 1. The molecule has 0 amide bonds. The van der Waals surface area contributed by atoms with E-state index in [4.69, 9.17) is 5.73 Å². The first-order valence-electron chi connectivity index (χ1n) is 5.09. The van der Waals surface area contributed by atoms with Crippen LogP contribution in [0.15, 0.2) is 18.2 Å². The summed E-state index contributed by atoms with van der Waals surface area (Å²) in [5.74, 6) is 1.38. The van der Waals surface area contributed by atoms with Crippen molar-refractivity contribution in [1.29, 1.82) is 0 Å². The molecule has 1 aromatic rings. The van der Waals surface area contributed by atoms with E-state index < -0.39 is 10.8 Å². The highest BCUT2D eigenvalue weighted by atomic mass is 32.2. The van der Waals surface area contributed by atoms with Crippen molar-refractivity contribution in [3.8, 4) is 0 Å². The molecule has 1 atom stereocenters. The molecule has 0 aromatic heterocycles. The van der Waals surface area contributed by atoms with E-state index >= 15 is 0 Å². The Hall–Kier alpha value is -1.03. The summed E-state index contributed by atoms with van der Waals surface area (Å²) in [6, 6.07) is 5.88. The molecule has 3 nitrogen and oxygen atoms in total. The normalized spacial score (nSPS) is 12.4. The molecular formula is C11H18N2OS. The van der Waals surface area contributed by atoms with Gasteiger partial charge in [-0.25, -0.2) is 0 Å². The summed E-state index contributed by atoms with van der Waals surface area (Å²) in [5, 5.41) is 3.20. The lowest BCUT2D eigenvalue weighted by Crippen LogP contribution is -2.13. The number of aryl methyl sites for hydroxylation is 1. The Morgan fingerprint density at radius 1 is 1.47 bits per heavy atom. The largest absolute Gasteiger partial charge is 0.397 e. The monoisotopic (exact) mass is 226 g/mol. The smallest absolute Gasteiger partial charge is 0.0579 e. The van der Waals surface area contributed by atoms with Gasteiger partial charge >= 0.3 is 0 Å². The number of hydrogen-bond acceptors (Lipinski definition) is 3. The van der Waals surface area contributed by atoms with Crippen LogP contribution in [0.5, 0.6) is 0 Å². The maximum absolute atomic E-state index is 11.2. The first kappa shape index (κ1) is 12.0. The van der Waals surface area contributed by atoms with Gasteiger partial charge in [0.05, 0.1) is 11.4 Å². The minimum Gasteiger partial charge on any atom is -0.397 e. The highest BCUT2D eigenvalue weighted by molar-refractivity contribution is 7.84. The van der Waals surface area contributed by atoms with Crippen LogP contribution in [-0.2, 0) is 10.8 Å². The Morgan fingerprint density at radius 3 is 2.87 bits per heavy atom. The summed E-state index contributed by atoms with van der Waals surface area (Å²) in [6.45, 7) is 4.61. The molecule has 0 heterocycles. The number of rotatable bonds is 5. The minimum atomic E-state index is -0.716. The molecule has 1 unspecified atom stereocenters. The maximum Gasteiger partial charge on any atom is 0.0579 e. The molecule has 0 aliphatic carbocycles. The molecule has 0 saturated carbocycles. The van der Waals surface area contributed by atoms with Crippen molar-refractivity contribution < 1.29 is 4.21 Å². The molecule has 0 saturated heterocycles. The molecule has 0 spiro atoms.